The van der Waals surface area contributed by atoms with E-state index in [2.05, 4.69) is 9.72 Å². The van der Waals surface area contributed by atoms with Crippen LogP contribution in [0.2, 0.25) is 0 Å². The number of esters is 1. The highest BCUT2D eigenvalue weighted by atomic mass is 19.3. The van der Waals surface area contributed by atoms with Crippen LogP contribution in [-0.2, 0) is 4.74 Å². The van der Waals surface area contributed by atoms with Crippen molar-refractivity contribution in [2.75, 3.05) is 12.8 Å². The van der Waals surface area contributed by atoms with E-state index < -0.39 is 35.2 Å². The summed E-state index contributed by atoms with van der Waals surface area (Å²) in [6, 6.07) is 0. The summed E-state index contributed by atoms with van der Waals surface area (Å²) >= 11 is 0. The lowest BCUT2D eigenvalue weighted by atomic mass is 10.1. The van der Waals surface area contributed by atoms with Gasteiger partial charge in [0.2, 0.25) is 5.95 Å². The molecule has 7 heteroatoms. The van der Waals surface area contributed by atoms with Gasteiger partial charge in [-0.3, -0.25) is 0 Å². The summed E-state index contributed by atoms with van der Waals surface area (Å²) in [5.41, 5.74) is 3.09. The van der Waals surface area contributed by atoms with E-state index >= 15 is 0 Å². The van der Waals surface area contributed by atoms with E-state index in [4.69, 9.17) is 5.73 Å². The van der Waals surface area contributed by atoms with Crippen molar-refractivity contribution in [3.63, 3.8) is 0 Å². The SMILES string of the molecule is COC(=O)c1c(F)ncc(C(F)F)c1N. The van der Waals surface area contributed by atoms with Gasteiger partial charge in [-0.15, -0.1) is 0 Å². The molecule has 0 aromatic carbocycles. The fourth-order valence-electron chi connectivity index (χ4n) is 0.986. The summed E-state index contributed by atoms with van der Waals surface area (Å²) in [5, 5.41) is 0. The van der Waals surface area contributed by atoms with Gasteiger partial charge in [-0.05, 0) is 0 Å². The van der Waals surface area contributed by atoms with E-state index in [-0.39, 0.29) is 0 Å². The molecule has 0 aliphatic heterocycles. The number of rotatable bonds is 2. The number of methoxy groups -OCH3 is 1. The minimum absolute atomic E-state index is 0.585. The standard InChI is InChI=1S/C8H7F3N2O2/c1-15-8(14)4-5(12)3(6(9)10)2-13-7(4)11/h2,6H,1H3,(H2,12,13). The van der Waals surface area contributed by atoms with Crippen molar-refractivity contribution in [3.8, 4) is 0 Å². The third-order valence-electron chi connectivity index (χ3n) is 1.73. The van der Waals surface area contributed by atoms with Crippen LogP contribution in [0, 0.1) is 5.95 Å². The minimum Gasteiger partial charge on any atom is -0.465 e. The molecule has 0 amide bonds. The van der Waals surface area contributed by atoms with Crippen molar-refractivity contribution in [2.24, 2.45) is 0 Å². The Balaban J connectivity index is 3.36. The highest BCUT2D eigenvalue weighted by Gasteiger charge is 2.23. The average molecular weight is 220 g/mol. The van der Waals surface area contributed by atoms with Crippen molar-refractivity contribution in [3.05, 3.63) is 23.3 Å². The monoisotopic (exact) mass is 220 g/mol. The van der Waals surface area contributed by atoms with E-state index in [1.54, 1.807) is 0 Å². The van der Waals surface area contributed by atoms with Crippen molar-refractivity contribution in [1.82, 2.24) is 4.98 Å². The molecule has 0 spiro atoms. The molecule has 4 nitrogen and oxygen atoms in total. The van der Waals surface area contributed by atoms with Crippen molar-refractivity contribution < 1.29 is 22.7 Å². The van der Waals surface area contributed by atoms with E-state index in [1.165, 1.54) is 0 Å². The van der Waals surface area contributed by atoms with E-state index in [9.17, 15) is 18.0 Å². The number of ether oxygens (including phenoxy) is 1. The number of hydrogen-bond donors (Lipinski definition) is 1. The Morgan fingerprint density at radius 2 is 2.20 bits per heavy atom. The maximum atomic E-state index is 13.0. The topological polar surface area (TPSA) is 65.2 Å². The highest BCUT2D eigenvalue weighted by molar-refractivity contribution is 5.95. The lowest BCUT2D eigenvalue weighted by Crippen LogP contribution is -2.12. The molecule has 0 saturated carbocycles. The predicted octanol–water partition coefficient (Wildman–Crippen LogP) is 1.53. The van der Waals surface area contributed by atoms with Crippen molar-refractivity contribution in [2.45, 2.75) is 6.43 Å². The Bertz CT molecular complexity index is 396. The number of anilines is 1. The Labute approximate surface area is 82.9 Å². The summed E-state index contributed by atoms with van der Waals surface area (Å²) in [6.45, 7) is 0. The maximum absolute atomic E-state index is 13.0. The molecule has 0 bridgehead atoms. The van der Waals surface area contributed by atoms with Crippen LogP contribution in [0.3, 0.4) is 0 Å². The van der Waals surface area contributed by atoms with Gasteiger partial charge in [0.25, 0.3) is 6.43 Å². The Morgan fingerprint density at radius 3 is 2.67 bits per heavy atom. The van der Waals surface area contributed by atoms with Crippen LogP contribution in [0.1, 0.15) is 22.3 Å². The molecule has 0 radical (unpaired) electrons. The molecule has 15 heavy (non-hydrogen) atoms. The van der Waals surface area contributed by atoms with Crippen LogP contribution in [0.15, 0.2) is 6.20 Å². The zero-order chi connectivity index (χ0) is 11.6. The molecule has 1 aromatic heterocycles. The van der Waals surface area contributed by atoms with E-state index in [0.29, 0.717) is 6.20 Å². The first kappa shape index (κ1) is 11.3. The molecule has 82 valence electrons. The largest absolute Gasteiger partial charge is 0.465 e. The molecule has 0 unspecified atom stereocenters. The zero-order valence-corrected chi connectivity index (χ0v) is 7.63. The molecular formula is C8H7F3N2O2. The van der Waals surface area contributed by atoms with Gasteiger partial charge in [-0.1, -0.05) is 0 Å². The first-order valence-electron chi connectivity index (χ1n) is 3.79. The average Bonchev–Trinajstić information content (AvgIpc) is 2.16. The second-order valence-electron chi connectivity index (χ2n) is 2.59. The van der Waals surface area contributed by atoms with Crippen molar-refractivity contribution in [1.29, 1.82) is 0 Å². The number of pyridine rings is 1. The summed E-state index contributed by atoms with van der Waals surface area (Å²) in [7, 11) is 0.982. The molecule has 0 aliphatic rings. The third kappa shape index (κ3) is 2.00. The van der Waals surface area contributed by atoms with Crippen LogP contribution in [0.25, 0.3) is 0 Å². The first-order valence-corrected chi connectivity index (χ1v) is 3.79. The molecule has 1 heterocycles. The number of nitrogens with two attached hydrogens (primary N) is 1. The Kier molecular flexibility index (Phi) is 3.13. The van der Waals surface area contributed by atoms with Crippen LogP contribution >= 0.6 is 0 Å². The zero-order valence-electron chi connectivity index (χ0n) is 7.63. The number of carbonyl (C=O) groups is 1. The third-order valence-corrected chi connectivity index (χ3v) is 1.73. The molecular weight excluding hydrogens is 213 g/mol. The number of aromatic nitrogens is 1. The predicted molar refractivity (Wildman–Crippen MR) is 44.9 cm³/mol. The van der Waals surface area contributed by atoms with Gasteiger partial charge in [0.1, 0.15) is 5.56 Å². The van der Waals surface area contributed by atoms with Gasteiger partial charge in [0, 0.05) is 6.20 Å². The van der Waals surface area contributed by atoms with E-state index in [0.717, 1.165) is 7.11 Å². The number of hydrogen-bond acceptors (Lipinski definition) is 4. The molecule has 1 aromatic rings. The van der Waals surface area contributed by atoms with Crippen LogP contribution < -0.4 is 5.73 Å². The molecule has 0 fully saturated rings. The smallest absolute Gasteiger partial charge is 0.344 e. The fourth-order valence-corrected chi connectivity index (χ4v) is 0.986. The van der Waals surface area contributed by atoms with Crippen LogP contribution in [-0.4, -0.2) is 18.1 Å². The number of nitrogens with zero attached hydrogens (tertiary/aromatic N) is 1. The fraction of sp³-hybridized carbons (Fsp3) is 0.250. The maximum Gasteiger partial charge on any atom is 0.344 e. The lowest BCUT2D eigenvalue weighted by molar-refractivity contribution is 0.0595. The number of halogens is 3. The van der Waals surface area contributed by atoms with Gasteiger partial charge < -0.3 is 10.5 Å². The number of carbonyl (C=O) groups excluding carboxylic acids is 1. The van der Waals surface area contributed by atoms with Crippen molar-refractivity contribution >= 4 is 11.7 Å². The van der Waals surface area contributed by atoms with Gasteiger partial charge >= 0.3 is 5.97 Å². The summed E-state index contributed by atoms with van der Waals surface area (Å²) < 4.78 is 41.8. The molecule has 0 saturated heterocycles. The number of alkyl halides is 2. The second-order valence-corrected chi connectivity index (χ2v) is 2.59. The van der Waals surface area contributed by atoms with Gasteiger partial charge in [0.05, 0.1) is 18.4 Å². The summed E-state index contributed by atoms with van der Waals surface area (Å²) in [5.74, 6) is -2.37. The molecule has 2 N–H and O–H groups in total. The quantitative estimate of drug-likeness (QED) is 0.606. The summed E-state index contributed by atoms with van der Waals surface area (Å²) in [6.07, 6.45) is -2.34. The number of nitrogen functional groups attached to an aromatic ring is 1. The normalized spacial score (nSPS) is 10.5. The second kappa shape index (κ2) is 4.16. The van der Waals surface area contributed by atoms with Gasteiger partial charge in [-0.2, -0.15) is 4.39 Å². The molecule has 1 rings (SSSR count). The first-order chi connectivity index (χ1) is 6.99. The molecule has 0 atom stereocenters. The highest BCUT2D eigenvalue weighted by Crippen LogP contribution is 2.28. The Morgan fingerprint density at radius 1 is 1.60 bits per heavy atom. The van der Waals surface area contributed by atoms with Gasteiger partial charge in [0.15, 0.2) is 0 Å². The van der Waals surface area contributed by atoms with E-state index in [1.807, 2.05) is 0 Å². The lowest BCUT2D eigenvalue weighted by Gasteiger charge is -2.08. The van der Waals surface area contributed by atoms with Crippen LogP contribution in [0.4, 0.5) is 18.9 Å². The Hall–Kier alpha value is -1.79. The summed E-state index contributed by atoms with van der Waals surface area (Å²) in [4.78, 5) is 14.0. The molecule has 0 aliphatic carbocycles. The van der Waals surface area contributed by atoms with Gasteiger partial charge in [-0.25, -0.2) is 18.6 Å². The minimum atomic E-state index is -2.93. The van der Waals surface area contributed by atoms with Crippen LogP contribution in [0.5, 0.6) is 0 Å².